The number of carbonyl (C=O) groups is 1. The predicted octanol–water partition coefficient (Wildman–Crippen LogP) is 5.55. The van der Waals surface area contributed by atoms with Gasteiger partial charge in [-0.2, -0.15) is 0 Å². The van der Waals surface area contributed by atoms with Crippen LogP contribution in [-0.4, -0.2) is 28.7 Å². The number of ether oxygens (including phenoxy) is 2. The highest BCUT2D eigenvalue weighted by Crippen LogP contribution is 2.21. The summed E-state index contributed by atoms with van der Waals surface area (Å²) in [5.41, 5.74) is 5.18. The molecule has 0 bridgehead atoms. The smallest absolute Gasteiger partial charge is 0.258 e. The first-order valence-electron chi connectivity index (χ1n) is 12.3. The molecule has 36 heavy (non-hydrogen) atoms. The molecular weight excluding hydrogens is 450 g/mol. The van der Waals surface area contributed by atoms with Crippen molar-refractivity contribution in [3.05, 3.63) is 102 Å². The summed E-state index contributed by atoms with van der Waals surface area (Å²) in [5, 5.41) is 2.95. The van der Waals surface area contributed by atoms with E-state index in [1.54, 1.807) is 0 Å². The minimum absolute atomic E-state index is 0.0392. The van der Waals surface area contributed by atoms with Gasteiger partial charge in [-0.3, -0.25) is 4.79 Å². The van der Waals surface area contributed by atoms with Gasteiger partial charge < -0.3 is 19.4 Å². The first kappa shape index (κ1) is 25.0. The third-order valence-electron chi connectivity index (χ3n) is 6.00. The van der Waals surface area contributed by atoms with Gasteiger partial charge in [-0.25, -0.2) is 4.98 Å². The lowest BCUT2D eigenvalue weighted by Gasteiger charge is -2.13. The van der Waals surface area contributed by atoms with Gasteiger partial charge in [0.1, 0.15) is 17.3 Å². The zero-order chi connectivity index (χ0) is 25.3. The largest absolute Gasteiger partial charge is 0.493 e. The van der Waals surface area contributed by atoms with Gasteiger partial charge in [0.05, 0.1) is 24.2 Å². The third-order valence-corrected chi connectivity index (χ3v) is 6.00. The van der Waals surface area contributed by atoms with E-state index in [0.29, 0.717) is 13.2 Å². The molecule has 6 heteroatoms. The molecule has 0 radical (unpaired) electrons. The Labute approximate surface area is 212 Å². The first-order chi connectivity index (χ1) is 17.5. The van der Waals surface area contributed by atoms with Gasteiger partial charge in [0.15, 0.2) is 6.61 Å². The molecule has 0 fully saturated rings. The number of imidazole rings is 1. The molecule has 1 N–H and O–H groups in total. The van der Waals surface area contributed by atoms with Crippen molar-refractivity contribution >= 4 is 16.9 Å². The Kier molecular flexibility index (Phi) is 8.40. The molecule has 0 saturated carbocycles. The van der Waals surface area contributed by atoms with E-state index >= 15 is 0 Å². The highest BCUT2D eigenvalue weighted by atomic mass is 16.5. The fraction of sp³-hybridized carbons (Fsp3) is 0.267. The Morgan fingerprint density at radius 1 is 1.03 bits per heavy atom. The Morgan fingerprint density at radius 3 is 2.69 bits per heavy atom. The fourth-order valence-corrected chi connectivity index (χ4v) is 4.12. The number of carbonyl (C=O) groups excluding carboxylic acids is 1. The molecular formula is C30H33N3O3. The van der Waals surface area contributed by atoms with Crippen molar-refractivity contribution in [2.45, 2.75) is 39.8 Å². The summed E-state index contributed by atoms with van der Waals surface area (Å²) in [6, 6.07) is 22.0. The monoisotopic (exact) mass is 483 g/mol. The third kappa shape index (κ3) is 6.33. The van der Waals surface area contributed by atoms with Crippen molar-refractivity contribution in [2.24, 2.45) is 0 Å². The van der Waals surface area contributed by atoms with Crippen LogP contribution in [0.25, 0.3) is 11.0 Å². The highest BCUT2D eigenvalue weighted by Gasteiger charge is 2.13. The normalized spacial score (nSPS) is 10.8. The number of amides is 1. The van der Waals surface area contributed by atoms with Crippen molar-refractivity contribution in [1.29, 1.82) is 0 Å². The molecule has 4 rings (SSSR count). The summed E-state index contributed by atoms with van der Waals surface area (Å²) in [4.78, 5) is 17.3. The molecule has 1 heterocycles. The fourth-order valence-electron chi connectivity index (χ4n) is 4.12. The zero-order valence-electron chi connectivity index (χ0n) is 21.0. The number of para-hydroxylation sites is 3. The molecule has 1 amide bonds. The minimum Gasteiger partial charge on any atom is -0.493 e. The van der Waals surface area contributed by atoms with E-state index in [4.69, 9.17) is 14.5 Å². The van der Waals surface area contributed by atoms with E-state index in [0.717, 1.165) is 64.4 Å². The number of benzene rings is 3. The lowest BCUT2D eigenvalue weighted by atomic mass is 10.1. The summed E-state index contributed by atoms with van der Waals surface area (Å²) in [7, 11) is 0. The quantitative estimate of drug-likeness (QED) is 0.212. The van der Waals surface area contributed by atoms with Crippen molar-refractivity contribution < 1.29 is 14.3 Å². The summed E-state index contributed by atoms with van der Waals surface area (Å²) in [5.74, 6) is 2.25. The van der Waals surface area contributed by atoms with E-state index in [1.165, 1.54) is 0 Å². The van der Waals surface area contributed by atoms with Crippen LogP contribution in [0.15, 0.2) is 79.4 Å². The minimum atomic E-state index is -0.184. The van der Waals surface area contributed by atoms with E-state index in [1.807, 2.05) is 74.5 Å². The maximum absolute atomic E-state index is 12.5. The van der Waals surface area contributed by atoms with Crippen LogP contribution in [0, 0.1) is 13.8 Å². The van der Waals surface area contributed by atoms with Crippen LogP contribution in [0.3, 0.4) is 0 Å². The standard InChI is InChI=1S/C30H33N3O3/c1-4-10-24-11-5-8-14-27(24)35-18-9-17-33-26-13-7-6-12-25(26)32-29(33)20-31-30(34)21-36-28-19-22(2)15-16-23(28)3/h4-8,11-16,19H,1,9-10,17-18,20-21H2,2-3H3,(H,31,34). The number of nitrogens with zero attached hydrogens (tertiary/aromatic N) is 2. The molecule has 0 unspecified atom stereocenters. The van der Waals surface area contributed by atoms with Crippen molar-refractivity contribution in [2.75, 3.05) is 13.2 Å². The molecule has 0 aliphatic carbocycles. The second-order valence-electron chi connectivity index (χ2n) is 8.81. The molecule has 6 nitrogen and oxygen atoms in total. The number of aryl methyl sites for hydroxylation is 3. The highest BCUT2D eigenvalue weighted by molar-refractivity contribution is 5.78. The Bertz CT molecular complexity index is 1340. The van der Waals surface area contributed by atoms with E-state index in [9.17, 15) is 4.79 Å². The number of hydrogen-bond donors (Lipinski definition) is 1. The van der Waals surface area contributed by atoms with Crippen LogP contribution in [0.1, 0.15) is 28.9 Å². The van der Waals surface area contributed by atoms with Crippen LogP contribution < -0.4 is 14.8 Å². The summed E-state index contributed by atoms with van der Waals surface area (Å²) < 4.78 is 14.0. The average molecular weight is 484 g/mol. The molecule has 0 saturated heterocycles. The summed E-state index contributed by atoms with van der Waals surface area (Å²) in [6.07, 6.45) is 3.46. The SMILES string of the molecule is C=CCc1ccccc1OCCCn1c(CNC(=O)COc2cc(C)ccc2C)nc2ccccc21. The number of fused-ring (bicyclic) bond motifs is 1. The molecule has 1 aromatic heterocycles. The van der Waals surface area contributed by atoms with Gasteiger partial charge in [-0.15, -0.1) is 6.58 Å². The Hall–Kier alpha value is -4.06. The van der Waals surface area contributed by atoms with Gasteiger partial charge in [-0.05, 0) is 67.6 Å². The van der Waals surface area contributed by atoms with Gasteiger partial charge in [0.25, 0.3) is 5.91 Å². The summed E-state index contributed by atoms with van der Waals surface area (Å²) >= 11 is 0. The topological polar surface area (TPSA) is 65.4 Å². The van der Waals surface area contributed by atoms with E-state index < -0.39 is 0 Å². The molecule has 186 valence electrons. The number of aromatic nitrogens is 2. The maximum Gasteiger partial charge on any atom is 0.258 e. The maximum atomic E-state index is 12.5. The molecule has 0 aliphatic rings. The number of rotatable bonds is 12. The molecule has 0 atom stereocenters. The lowest BCUT2D eigenvalue weighted by Crippen LogP contribution is -2.29. The van der Waals surface area contributed by atoms with Crippen molar-refractivity contribution in [1.82, 2.24) is 14.9 Å². The number of hydrogen-bond acceptors (Lipinski definition) is 4. The Balaban J connectivity index is 1.36. The van der Waals surface area contributed by atoms with Crippen LogP contribution in [0.2, 0.25) is 0 Å². The molecule has 4 aromatic rings. The number of allylic oxidation sites excluding steroid dienone is 1. The Morgan fingerprint density at radius 2 is 1.83 bits per heavy atom. The van der Waals surface area contributed by atoms with E-state index in [2.05, 4.69) is 28.6 Å². The van der Waals surface area contributed by atoms with Crippen LogP contribution in [0.4, 0.5) is 0 Å². The molecule has 3 aromatic carbocycles. The first-order valence-corrected chi connectivity index (χ1v) is 12.3. The average Bonchev–Trinajstić information content (AvgIpc) is 3.24. The van der Waals surface area contributed by atoms with E-state index in [-0.39, 0.29) is 12.5 Å². The summed E-state index contributed by atoms with van der Waals surface area (Å²) in [6.45, 7) is 9.39. The van der Waals surface area contributed by atoms with Crippen LogP contribution in [0.5, 0.6) is 11.5 Å². The molecule has 0 aliphatic heterocycles. The van der Waals surface area contributed by atoms with Crippen molar-refractivity contribution in [3.8, 4) is 11.5 Å². The van der Waals surface area contributed by atoms with Gasteiger partial charge in [0.2, 0.25) is 0 Å². The zero-order valence-corrected chi connectivity index (χ0v) is 21.0. The van der Waals surface area contributed by atoms with Crippen molar-refractivity contribution in [3.63, 3.8) is 0 Å². The van der Waals surface area contributed by atoms with Gasteiger partial charge in [-0.1, -0.05) is 48.5 Å². The lowest BCUT2D eigenvalue weighted by molar-refractivity contribution is -0.123. The van der Waals surface area contributed by atoms with Crippen LogP contribution >= 0.6 is 0 Å². The number of nitrogens with one attached hydrogen (secondary N) is 1. The van der Waals surface area contributed by atoms with Gasteiger partial charge >= 0.3 is 0 Å². The second-order valence-corrected chi connectivity index (χ2v) is 8.81. The second kappa shape index (κ2) is 12.1. The molecule has 0 spiro atoms. The van der Waals surface area contributed by atoms with Gasteiger partial charge in [0, 0.05) is 6.54 Å². The van der Waals surface area contributed by atoms with Crippen LogP contribution in [-0.2, 0) is 24.3 Å². The predicted molar refractivity (Wildman–Crippen MR) is 143 cm³/mol.